The lowest BCUT2D eigenvalue weighted by Gasteiger charge is -2.09. The maximum atomic E-state index is 13.3. The minimum absolute atomic E-state index is 0.131. The Labute approximate surface area is 125 Å². The minimum Gasteiger partial charge on any atom is -0.207 e. The van der Waals surface area contributed by atoms with E-state index in [0.29, 0.717) is 5.56 Å². The molecule has 1 aliphatic rings. The first kappa shape index (κ1) is 13.3. The van der Waals surface area contributed by atoms with Crippen molar-refractivity contribution < 1.29 is 4.39 Å². The van der Waals surface area contributed by atoms with Crippen molar-refractivity contribution in [2.45, 2.75) is 37.4 Å². The molecular weight excluding hydrogens is 323 g/mol. The van der Waals surface area contributed by atoms with Gasteiger partial charge in [0.1, 0.15) is 5.82 Å². The topological polar surface area (TPSA) is 0 Å². The molecule has 2 aromatic rings. The van der Waals surface area contributed by atoms with Crippen molar-refractivity contribution in [3.05, 3.63) is 56.5 Å². The molecular formula is C16H16BrFS. The molecule has 0 saturated heterocycles. The zero-order chi connectivity index (χ0) is 13.4. The molecule has 1 atom stereocenters. The molecule has 0 spiro atoms. The van der Waals surface area contributed by atoms with Crippen LogP contribution in [0.2, 0.25) is 0 Å². The first-order chi connectivity index (χ1) is 9.15. The Morgan fingerprint density at radius 3 is 2.74 bits per heavy atom. The molecule has 1 aromatic heterocycles. The van der Waals surface area contributed by atoms with E-state index in [4.69, 9.17) is 0 Å². The molecule has 0 nitrogen and oxygen atoms in total. The van der Waals surface area contributed by atoms with Gasteiger partial charge in [0.2, 0.25) is 0 Å². The first-order valence-electron chi connectivity index (χ1n) is 6.67. The standard InChI is InChI=1S/C16H16BrFS/c1-10-8-12(6-7-13(10)18)16(17)15-9-11-4-2-3-5-14(11)19-15/h6-9,16H,2-5H2,1H3. The zero-order valence-corrected chi connectivity index (χ0v) is 13.3. The van der Waals surface area contributed by atoms with Gasteiger partial charge in [-0.2, -0.15) is 0 Å². The van der Waals surface area contributed by atoms with Crippen LogP contribution in [0.15, 0.2) is 24.3 Å². The van der Waals surface area contributed by atoms with Crippen LogP contribution in [0.4, 0.5) is 4.39 Å². The number of fused-ring (bicyclic) bond motifs is 1. The first-order valence-corrected chi connectivity index (χ1v) is 8.40. The average molecular weight is 339 g/mol. The summed E-state index contributed by atoms with van der Waals surface area (Å²) in [5.41, 5.74) is 3.37. The summed E-state index contributed by atoms with van der Waals surface area (Å²) in [5, 5.41) is 0. The van der Waals surface area contributed by atoms with E-state index in [2.05, 4.69) is 22.0 Å². The number of aryl methyl sites for hydroxylation is 3. The van der Waals surface area contributed by atoms with Gasteiger partial charge in [-0.1, -0.05) is 28.1 Å². The number of alkyl halides is 1. The average Bonchev–Trinajstić information content (AvgIpc) is 2.85. The molecule has 1 heterocycles. The van der Waals surface area contributed by atoms with E-state index in [0.717, 1.165) is 5.56 Å². The molecule has 0 radical (unpaired) electrons. The van der Waals surface area contributed by atoms with E-state index < -0.39 is 0 Å². The number of halogens is 2. The van der Waals surface area contributed by atoms with Crippen LogP contribution in [-0.4, -0.2) is 0 Å². The molecule has 0 N–H and O–H groups in total. The highest BCUT2D eigenvalue weighted by atomic mass is 79.9. The third-order valence-electron chi connectivity index (χ3n) is 3.74. The van der Waals surface area contributed by atoms with Gasteiger partial charge in [-0.05, 0) is 61.4 Å². The van der Waals surface area contributed by atoms with E-state index >= 15 is 0 Å². The molecule has 19 heavy (non-hydrogen) atoms. The second-order valence-electron chi connectivity index (χ2n) is 5.18. The summed E-state index contributed by atoms with van der Waals surface area (Å²) in [4.78, 5) is 3.07. The Bertz CT molecular complexity index is 579. The van der Waals surface area contributed by atoms with E-state index in [-0.39, 0.29) is 10.6 Å². The Morgan fingerprint density at radius 2 is 2.00 bits per heavy atom. The maximum Gasteiger partial charge on any atom is 0.126 e. The number of hydrogen-bond acceptors (Lipinski definition) is 1. The Kier molecular flexibility index (Phi) is 3.77. The highest BCUT2D eigenvalue weighted by molar-refractivity contribution is 9.09. The normalized spacial score (nSPS) is 16.2. The van der Waals surface area contributed by atoms with Crippen LogP contribution in [0.3, 0.4) is 0 Å². The summed E-state index contributed by atoms with van der Waals surface area (Å²) in [5.74, 6) is -0.131. The predicted molar refractivity (Wildman–Crippen MR) is 82.9 cm³/mol. The molecule has 0 amide bonds. The van der Waals surface area contributed by atoms with Gasteiger partial charge < -0.3 is 0 Å². The summed E-state index contributed by atoms with van der Waals surface area (Å²) in [6.07, 6.45) is 5.07. The lowest BCUT2D eigenvalue weighted by atomic mass is 9.98. The van der Waals surface area contributed by atoms with Gasteiger partial charge in [0.05, 0.1) is 4.83 Å². The monoisotopic (exact) mass is 338 g/mol. The molecule has 0 bridgehead atoms. The van der Waals surface area contributed by atoms with Crippen molar-refractivity contribution in [2.75, 3.05) is 0 Å². The molecule has 0 saturated carbocycles. The van der Waals surface area contributed by atoms with Gasteiger partial charge in [0, 0.05) is 9.75 Å². The van der Waals surface area contributed by atoms with Crippen molar-refractivity contribution in [1.82, 2.24) is 0 Å². The highest BCUT2D eigenvalue weighted by Gasteiger charge is 2.19. The molecule has 0 aliphatic heterocycles. The van der Waals surface area contributed by atoms with E-state index in [9.17, 15) is 4.39 Å². The molecule has 3 heteroatoms. The van der Waals surface area contributed by atoms with Crippen LogP contribution in [-0.2, 0) is 12.8 Å². The third kappa shape index (κ3) is 2.63. The zero-order valence-electron chi connectivity index (χ0n) is 10.9. The summed E-state index contributed by atoms with van der Waals surface area (Å²) in [6, 6.07) is 7.71. The molecule has 1 aromatic carbocycles. The van der Waals surface area contributed by atoms with Crippen LogP contribution in [0, 0.1) is 12.7 Å². The fraction of sp³-hybridized carbons (Fsp3) is 0.375. The number of thiophene rings is 1. The summed E-state index contributed by atoms with van der Waals surface area (Å²) in [7, 11) is 0. The molecule has 1 unspecified atom stereocenters. The van der Waals surface area contributed by atoms with Crippen molar-refractivity contribution in [1.29, 1.82) is 0 Å². The van der Waals surface area contributed by atoms with E-state index in [1.165, 1.54) is 36.1 Å². The van der Waals surface area contributed by atoms with Crippen molar-refractivity contribution in [2.24, 2.45) is 0 Å². The van der Waals surface area contributed by atoms with Crippen molar-refractivity contribution in [3.8, 4) is 0 Å². The van der Waals surface area contributed by atoms with E-state index in [1.807, 2.05) is 30.4 Å². The second-order valence-corrected chi connectivity index (χ2v) is 7.26. The van der Waals surface area contributed by atoms with Gasteiger partial charge in [0.15, 0.2) is 0 Å². The van der Waals surface area contributed by atoms with Gasteiger partial charge in [-0.15, -0.1) is 11.3 Å². The Morgan fingerprint density at radius 1 is 1.21 bits per heavy atom. The minimum atomic E-state index is -0.131. The Hall–Kier alpha value is -0.670. The highest BCUT2D eigenvalue weighted by Crippen LogP contribution is 2.39. The fourth-order valence-corrected chi connectivity index (χ4v) is 4.59. The van der Waals surface area contributed by atoms with Gasteiger partial charge in [0.25, 0.3) is 0 Å². The lowest BCUT2D eigenvalue weighted by molar-refractivity contribution is 0.618. The maximum absolute atomic E-state index is 13.3. The van der Waals surface area contributed by atoms with Crippen molar-refractivity contribution in [3.63, 3.8) is 0 Å². The third-order valence-corrected chi connectivity index (χ3v) is 6.37. The van der Waals surface area contributed by atoms with Gasteiger partial charge >= 0.3 is 0 Å². The van der Waals surface area contributed by atoms with Gasteiger partial charge in [-0.3, -0.25) is 0 Å². The largest absolute Gasteiger partial charge is 0.207 e. The van der Waals surface area contributed by atoms with E-state index in [1.54, 1.807) is 10.9 Å². The van der Waals surface area contributed by atoms with Crippen molar-refractivity contribution >= 4 is 27.3 Å². The quantitative estimate of drug-likeness (QED) is 0.629. The smallest absolute Gasteiger partial charge is 0.126 e. The fourth-order valence-electron chi connectivity index (χ4n) is 2.63. The second kappa shape index (κ2) is 5.37. The summed E-state index contributed by atoms with van der Waals surface area (Å²) in [6.45, 7) is 1.82. The molecule has 3 rings (SSSR count). The van der Waals surface area contributed by atoms with Crippen LogP contribution >= 0.6 is 27.3 Å². The number of hydrogen-bond donors (Lipinski definition) is 0. The molecule has 1 aliphatic carbocycles. The number of benzene rings is 1. The Balaban J connectivity index is 1.92. The molecule has 100 valence electrons. The summed E-state index contributed by atoms with van der Waals surface area (Å²) >= 11 is 5.67. The van der Waals surface area contributed by atoms with Crippen LogP contribution < -0.4 is 0 Å². The number of rotatable bonds is 2. The van der Waals surface area contributed by atoms with Crippen LogP contribution in [0.1, 0.15) is 44.1 Å². The predicted octanol–water partition coefficient (Wildman–Crippen LogP) is 5.56. The molecule has 0 fully saturated rings. The van der Waals surface area contributed by atoms with Crippen LogP contribution in [0.5, 0.6) is 0 Å². The summed E-state index contributed by atoms with van der Waals surface area (Å²) < 4.78 is 13.3. The van der Waals surface area contributed by atoms with Gasteiger partial charge in [-0.25, -0.2) is 4.39 Å². The lowest BCUT2D eigenvalue weighted by Crippen LogP contribution is -1.96. The SMILES string of the molecule is Cc1cc(C(Br)c2cc3c(s2)CCCC3)ccc1F. The van der Waals surface area contributed by atoms with Crippen LogP contribution in [0.25, 0.3) is 0 Å².